The highest BCUT2D eigenvalue weighted by Crippen LogP contribution is 2.44. The van der Waals surface area contributed by atoms with Crippen molar-refractivity contribution in [1.82, 2.24) is 4.98 Å². The second-order valence-corrected chi connectivity index (χ2v) is 5.74. The molecule has 0 unspecified atom stereocenters. The molecule has 1 N–H and O–H groups in total. The molecule has 0 aliphatic heterocycles. The van der Waals surface area contributed by atoms with Crippen LogP contribution in [0.2, 0.25) is 0 Å². The van der Waals surface area contributed by atoms with E-state index in [1.807, 2.05) is 17.5 Å². The second kappa shape index (κ2) is 3.68. The molecule has 3 nitrogen and oxygen atoms in total. The Hall–Kier alpha value is -1.20. The first-order chi connectivity index (χ1) is 7.75. The number of aromatic carboxylic acids is 1. The summed E-state index contributed by atoms with van der Waals surface area (Å²) >= 11 is 2.89. The van der Waals surface area contributed by atoms with Crippen molar-refractivity contribution in [2.24, 2.45) is 0 Å². The monoisotopic (exact) mass is 251 g/mol. The van der Waals surface area contributed by atoms with Crippen LogP contribution in [0.25, 0.3) is 9.88 Å². The second-order valence-electron chi connectivity index (χ2n) is 3.79. The lowest BCUT2D eigenvalue weighted by molar-refractivity contribution is 0.0700. The predicted molar refractivity (Wildman–Crippen MR) is 64.4 cm³/mol. The van der Waals surface area contributed by atoms with Crippen molar-refractivity contribution >= 4 is 28.6 Å². The molecule has 2 aromatic heterocycles. The SMILES string of the molecule is O=C(O)c1sc(-c2cccs2)nc1C1CC1. The van der Waals surface area contributed by atoms with E-state index in [0.29, 0.717) is 10.8 Å². The highest BCUT2D eigenvalue weighted by Gasteiger charge is 2.32. The Bertz CT molecular complexity index is 526. The number of carboxylic acids is 1. The fourth-order valence-corrected chi connectivity index (χ4v) is 3.41. The lowest BCUT2D eigenvalue weighted by atomic mass is 10.2. The molecule has 5 heteroatoms. The van der Waals surface area contributed by atoms with Gasteiger partial charge in [0.2, 0.25) is 0 Å². The first kappa shape index (κ1) is 9.99. The molecule has 1 fully saturated rings. The largest absolute Gasteiger partial charge is 0.477 e. The minimum absolute atomic E-state index is 0.385. The van der Waals surface area contributed by atoms with Gasteiger partial charge < -0.3 is 5.11 Å². The molecular formula is C11H9NO2S2. The molecule has 0 atom stereocenters. The summed E-state index contributed by atoms with van der Waals surface area (Å²) in [5, 5.41) is 11.9. The van der Waals surface area contributed by atoms with Crippen LogP contribution >= 0.6 is 22.7 Å². The minimum Gasteiger partial charge on any atom is -0.477 e. The molecule has 82 valence electrons. The maximum absolute atomic E-state index is 11.1. The van der Waals surface area contributed by atoms with E-state index >= 15 is 0 Å². The molecule has 2 aromatic rings. The summed E-state index contributed by atoms with van der Waals surface area (Å²) in [5.41, 5.74) is 0.793. The first-order valence-corrected chi connectivity index (χ1v) is 6.73. The quantitative estimate of drug-likeness (QED) is 0.909. The van der Waals surface area contributed by atoms with Crippen molar-refractivity contribution < 1.29 is 9.90 Å². The van der Waals surface area contributed by atoms with Crippen LogP contribution in [0.1, 0.15) is 34.1 Å². The van der Waals surface area contributed by atoms with Gasteiger partial charge in [0.1, 0.15) is 9.88 Å². The van der Waals surface area contributed by atoms with Crippen molar-refractivity contribution in [2.75, 3.05) is 0 Å². The summed E-state index contributed by atoms with van der Waals surface area (Å²) in [4.78, 5) is 17.1. The van der Waals surface area contributed by atoms with Crippen molar-refractivity contribution in [3.8, 4) is 9.88 Å². The Kier molecular flexibility index (Phi) is 2.29. The van der Waals surface area contributed by atoms with E-state index in [1.165, 1.54) is 11.3 Å². The molecule has 3 rings (SSSR count). The smallest absolute Gasteiger partial charge is 0.347 e. The van der Waals surface area contributed by atoms with Crippen LogP contribution in [-0.4, -0.2) is 16.1 Å². The van der Waals surface area contributed by atoms with E-state index in [0.717, 1.165) is 28.4 Å². The van der Waals surface area contributed by atoms with Gasteiger partial charge in [-0.05, 0) is 24.3 Å². The van der Waals surface area contributed by atoms with E-state index in [9.17, 15) is 4.79 Å². The van der Waals surface area contributed by atoms with Crippen LogP contribution in [0.5, 0.6) is 0 Å². The molecule has 1 aliphatic carbocycles. The maximum Gasteiger partial charge on any atom is 0.347 e. The molecule has 0 bridgehead atoms. The summed E-state index contributed by atoms with van der Waals surface area (Å²) in [6.45, 7) is 0. The Balaban J connectivity index is 2.08. The van der Waals surface area contributed by atoms with E-state index in [2.05, 4.69) is 4.98 Å². The maximum atomic E-state index is 11.1. The molecule has 0 saturated heterocycles. The van der Waals surface area contributed by atoms with Gasteiger partial charge >= 0.3 is 5.97 Å². The third-order valence-electron chi connectivity index (χ3n) is 2.54. The van der Waals surface area contributed by atoms with Crippen molar-refractivity contribution in [3.63, 3.8) is 0 Å². The molecule has 16 heavy (non-hydrogen) atoms. The summed E-state index contributed by atoms with van der Waals surface area (Å²) in [5.74, 6) is -0.460. The molecule has 1 aliphatic rings. The molecule has 2 heterocycles. The average molecular weight is 251 g/mol. The summed E-state index contributed by atoms with van der Waals surface area (Å²) in [6, 6.07) is 3.93. The average Bonchev–Trinajstić information content (AvgIpc) is 2.83. The zero-order valence-corrected chi connectivity index (χ0v) is 9.98. The number of hydrogen-bond acceptors (Lipinski definition) is 4. The van der Waals surface area contributed by atoms with E-state index in [-0.39, 0.29) is 0 Å². The van der Waals surface area contributed by atoms with Crippen LogP contribution in [0.3, 0.4) is 0 Å². The van der Waals surface area contributed by atoms with Gasteiger partial charge in [0.25, 0.3) is 0 Å². The number of hydrogen-bond donors (Lipinski definition) is 1. The zero-order valence-electron chi connectivity index (χ0n) is 8.34. The number of thiazole rings is 1. The van der Waals surface area contributed by atoms with Crippen molar-refractivity contribution in [2.45, 2.75) is 18.8 Å². The van der Waals surface area contributed by atoms with Crippen LogP contribution in [0.4, 0.5) is 0 Å². The number of rotatable bonds is 3. The van der Waals surface area contributed by atoms with Gasteiger partial charge in [-0.15, -0.1) is 22.7 Å². The summed E-state index contributed by atoms with van der Waals surface area (Å²) in [6.07, 6.45) is 2.15. The van der Waals surface area contributed by atoms with Gasteiger partial charge in [-0.1, -0.05) is 6.07 Å². The Labute approximate surface area is 100 Å². The topological polar surface area (TPSA) is 50.2 Å². The van der Waals surface area contributed by atoms with Crippen LogP contribution in [-0.2, 0) is 0 Å². The number of nitrogens with zero attached hydrogens (tertiary/aromatic N) is 1. The standard InChI is InChI=1S/C11H9NO2S2/c13-11(14)9-8(6-3-4-6)12-10(16-9)7-2-1-5-15-7/h1-2,5-6H,3-4H2,(H,13,14). The third-order valence-corrected chi connectivity index (χ3v) is 4.64. The highest BCUT2D eigenvalue weighted by molar-refractivity contribution is 7.22. The fraction of sp³-hybridized carbons (Fsp3) is 0.273. The van der Waals surface area contributed by atoms with Gasteiger partial charge in [0, 0.05) is 5.92 Å². The highest BCUT2D eigenvalue weighted by atomic mass is 32.1. The van der Waals surface area contributed by atoms with Gasteiger partial charge in [0.15, 0.2) is 0 Å². The molecule has 0 spiro atoms. The molecule has 1 saturated carbocycles. The van der Waals surface area contributed by atoms with Crippen LogP contribution in [0.15, 0.2) is 17.5 Å². The lowest BCUT2D eigenvalue weighted by Crippen LogP contribution is -1.97. The van der Waals surface area contributed by atoms with Crippen molar-refractivity contribution in [3.05, 3.63) is 28.1 Å². The number of aromatic nitrogens is 1. The third kappa shape index (κ3) is 1.66. The van der Waals surface area contributed by atoms with Crippen LogP contribution < -0.4 is 0 Å². The molecular weight excluding hydrogens is 242 g/mol. The van der Waals surface area contributed by atoms with Gasteiger partial charge in [-0.3, -0.25) is 0 Å². The molecule has 0 amide bonds. The van der Waals surface area contributed by atoms with Crippen molar-refractivity contribution in [1.29, 1.82) is 0 Å². The number of thiophene rings is 1. The van der Waals surface area contributed by atoms with E-state index in [1.54, 1.807) is 11.3 Å². The van der Waals surface area contributed by atoms with Gasteiger partial charge in [-0.25, -0.2) is 9.78 Å². The number of carbonyl (C=O) groups is 1. The number of carboxylic acid groups (broad SMARTS) is 1. The first-order valence-electron chi connectivity index (χ1n) is 5.03. The Morgan fingerprint density at radius 2 is 2.31 bits per heavy atom. The molecule has 0 radical (unpaired) electrons. The summed E-state index contributed by atoms with van der Waals surface area (Å²) < 4.78 is 0. The zero-order chi connectivity index (χ0) is 11.1. The predicted octanol–water partition coefficient (Wildman–Crippen LogP) is 3.45. The van der Waals surface area contributed by atoms with Gasteiger partial charge in [-0.2, -0.15) is 0 Å². The minimum atomic E-state index is -0.845. The van der Waals surface area contributed by atoms with Crippen LogP contribution in [0, 0.1) is 0 Å². The van der Waals surface area contributed by atoms with Gasteiger partial charge in [0.05, 0.1) is 10.6 Å². The molecule has 0 aromatic carbocycles. The lowest BCUT2D eigenvalue weighted by Gasteiger charge is -1.91. The van der Waals surface area contributed by atoms with E-state index in [4.69, 9.17) is 5.11 Å². The fourth-order valence-electron chi connectivity index (χ4n) is 1.62. The summed E-state index contributed by atoms with van der Waals surface area (Å²) in [7, 11) is 0. The normalized spacial score (nSPS) is 15.2. The Morgan fingerprint density at radius 3 is 2.88 bits per heavy atom. The Morgan fingerprint density at radius 1 is 1.50 bits per heavy atom. The van der Waals surface area contributed by atoms with E-state index < -0.39 is 5.97 Å².